The van der Waals surface area contributed by atoms with Crippen LogP contribution in [0.2, 0.25) is 0 Å². The molecule has 4 rings (SSSR count). The van der Waals surface area contributed by atoms with Crippen LogP contribution in [0.5, 0.6) is 0 Å². The second-order valence-electron chi connectivity index (χ2n) is 8.36. The minimum atomic E-state index is -3.51. The number of nitrogens with zero attached hydrogens (tertiary/aromatic N) is 5. The lowest BCUT2D eigenvalue weighted by Gasteiger charge is -2.36. The van der Waals surface area contributed by atoms with E-state index in [-0.39, 0.29) is 10.8 Å². The van der Waals surface area contributed by atoms with Crippen LogP contribution in [0.15, 0.2) is 59.5 Å². The van der Waals surface area contributed by atoms with E-state index in [0.717, 1.165) is 27.1 Å². The summed E-state index contributed by atoms with van der Waals surface area (Å²) in [5, 5.41) is 4.74. The van der Waals surface area contributed by atoms with Gasteiger partial charge in [-0.15, -0.1) is 0 Å². The number of carbonyl (C=O) groups excluding carboxylic acids is 1. The summed E-state index contributed by atoms with van der Waals surface area (Å²) in [6, 6.07) is 16.2. The lowest BCUT2D eigenvalue weighted by atomic mass is 10.1. The first-order valence-electron chi connectivity index (χ1n) is 10.9. The van der Waals surface area contributed by atoms with Crippen molar-refractivity contribution in [3.8, 4) is 5.69 Å². The quantitative estimate of drug-likeness (QED) is 0.577. The van der Waals surface area contributed by atoms with Gasteiger partial charge in [-0.2, -0.15) is 5.10 Å². The zero-order valence-corrected chi connectivity index (χ0v) is 20.2. The van der Waals surface area contributed by atoms with E-state index in [2.05, 4.69) is 11.8 Å². The van der Waals surface area contributed by atoms with Gasteiger partial charge in [0.05, 0.1) is 27.7 Å². The maximum atomic E-state index is 13.0. The average Bonchev–Trinajstić information content (AvgIpc) is 3.13. The molecule has 33 heavy (non-hydrogen) atoms. The molecule has 1 amide bonds. The first-order chi connectivity index (χ1) is 15.7. The molecule has 0 radical (unpaired) electrons. The maximum absolute atomic E-state index is 13.0. The number of amides is 1. The third-order valence-electron chi connectivity index (χ3n) is 6.02. The number of piperazine rings is 1. The Morgan fingerprint density at radius 1 is 0.909 bits per heavy atom. The predicted octanol–water partition coefficient (Wildman–Crippen LogP) is 2.70. The van der Waals surface area contributed by atoms with Crippen LogP contribution >= 0.6 is 0 Å². The van der Waals surface area contributed by atoms with E-state index in [1.165, 1.54) is 26.2 Å². The molecular weight excluding hydrogens is 438 g/mol. The van der Waals surface area contributed by atoms with E-state index in [1.807, 2.05) is 46.8 Å². The van der Waals surface area contributed by atoms with Crippen molar-refractivity contribution in [2.75, 3.05) is 45.2 Å². The van der Waals surface area contributed by atoms with Crippen molar-refractivity contribution in [1.29, 1.82) is 0 Å². The highest BCUT2D eigenvalue weighted by Gasteiger charge is 2.26. The van der Waals surface area contributed by atoms with Gasteiger partial charge in [-0.25, -0.2) is 17.4 Å². The highest BCUT2D eigenvalue weighted by molar-refractivity contribution is 7.89. The average molecular weight is 468 g/mol. The molecule has 0 aliphatic carbocycles. The predicted molar refractivity (Wildman–Crippen MR) is 128 cm³/mol. The van der Waals surface area contributed by atoms with Crippen molar-refractivity contribution < 1.29 is 13.2 Å². The molecule has 1 fully saturated rings. The Kier molecular flexibility index (Phi) is 6.27. The van der Waals surface area contributed by atoms with Crippen molar-refractivity contribution in [2.45, 2.75) is 18.7 Å². The van der Waals surface area contributed by atoms with Crippen molar-refractivity contribution in [1.82, 2.24) is 19.0 Å². The van der Waals surface area contributed by atoms with E-state index in [9.17, 15) is 13.2 Å². The highest BCUT2D eigenvalue weighted by atomic mass is 32.2. The smallest absolute Gasteiger partial charge is 0.253 e. The molecule has 3 aromatic rings. The molecule has 2 aromatic carbocycles. The number of aryl methyl sites for hydroxylation is 1. The Bertz CT molecular complexity index is 1240. The first-order valence-corrected chi connectivity index (χ1v) is 12.3. The zero-order valence-electron chi connectivity index (χ0n) is 19.4. The fourth-order valence-electron chi connectivity index (χ4n) is 4.21. The number of benzene rings is 2. The van der Waals surface area contributed by atoms with Crippen LogP contribution in [0.3, 0.4) is 0 Å². The fraction of sp³-hybridized carbons (Fsp3) is 0.333. The van der Waals surface area contributed by atoms with Gasteiger partial charge < -0.3 is 9.80 Å². The molecule has 2 heterocycles. The molecule has 0 saturated carbocycles. The SMILES string of the molecule is Cc1nn(-c2ccccc2)c(C)c1N1CCN(C(=O)c2ccc(S(=O)(=O)N(C)C)cc2)CC1. The van der Waals surface area contributed by atoms with Crippen LogP contribution in [0.4, 0.5) is 5.69 Å². The zero-order chi connectivity index (χ0) is 23.8. The van der Waals surface area contributed by atoms with Gasteiger partial charge in [-0.3, -0.25) is 4.79 Å². The summed E-state index contributed by atoms with van der Waals surface area (Å²) in [6.07, 6.45) is 0. The molecule has 9 heteroatoms. The van der Waals surface area contributed by atoms with Crippen molar-refractivity contribution in [3.63, 3.8) is 0 Å². The number of hydrogen-bond acceptors (Lipinski definition) is 5. The number of para-hydroxylation sites is 1. The molecule has 0 atom stereocenters. The second kappa shape index (κ2) is 8.99. The first kappa shape index (κ1) is 23.0. The lowest BCUT2D eigenvalue weighted by Crippen LogP contribution is -2.49. The third kappa shape index (κ3) is 4.38. The van der Waals surface area contributed by atoms with Gasteiger partial charge in [0.2, 0.25) is 10.0 Å². The van der Waals surface area contributed by atoms with E-state index >= 15 is 0 Å². The van der Waals surface area contributed by atoms with Crippen LogP contribution in [-0.2, 0) is 10.0 Å². The van der Waals surface area contributed by atoms with E-state index in [4.69, 9.17) is 5.10 Å². The topological polar surface area (TPSA) is 78.8 Å². The highest BCUT2D eigenvalue weighted by Crippen LogP contribution is 2.28. The molecule has 8 nitrogen and oxygen atoms in total. The van der Waals surface area contributed by atoms with Crippen LogP contribution in [0.25, 0.3) is 5.69 Å². The molecule has 1 aromatic heterocycles. The number of rotatable bonds is 5. The summed E-state index contributed by atoms with van der Waals surface area (Å²) in [5.74, 6) is -0.0862. The van der Waals surface area contributed by atoms with Gasteiger partial charge in [0.25, 0.3) is 5.91 Å². The minimum absolute atomic E-state index is 0.0862. The number of aromatic nitrogens is 2. The van der Waals surface area contributed by atoms with Crippen LogP contribution in [0.1, 0.15) is 21.7 Å². The van der Waals surface area contributed by atoms with Crippen LogP contribution in [-0.4, -0.2) is 73.6 Å². The minimum Gasteiger partial charge on any atom is -0.365 e. The summed E-state index contributed by atoms with van der Waals surface area (Å²) in [4.78, 5) is 17.3. The molecule has 174 valence electrons. The Morgan fingerprint density at radius 2 is 1.52 bits per heavy atom. The number of hydrogen-bond donors (Lipinski definition) is 0. The van der Waals surface area contributed by atoms with Crippen LogP contribution < -0.4 is 4.90 Å². The molecule has 0 bridgehead atoms. The number of carbonyl (C=O) groups is 1. The molecule has 0 N–H and O–H groups in total. The van der Waals surface area contributed by atoms with Gasteiger partial charge in [0.15, 0.2) is 0 Å². The van der Waals surface area contributed by atoms with E-state index in [1.54, 1.807) is 12.1 Å². The lowest BCUT2D eigenvalue weighted by molar-refractivity contribution is 0.0746. The van der Waals surface area contributed by atoms with Gasteiger partial charge in [0, 0.05) is 45.8 Å². The maximum Gasteiger partial charge on any atom is 0.253 e. The van der Waals surface area contributed by atoms with E-state index < -0.39 is 10.0 Å². The van der Waals surface area contributed by atoms with E-state index in [0.29, 0.717) is 31.7 Å². The Labute approximate surface area is 195 Å². The Hall–Kier alpha value is -3.17. The summed E-state index contributed by atoms with van der Waals surface area (Å²) < 4.78 is 27.6. The van der Waals surface area contributed by atoms with Gasteiger partial charge in [-0.05, 0) is 50.2 Å². The number of sulfonamides is 1. The second-order valence-corrected chi connectivity index (χ2v) is 10.5. The monoisotopic (exact) mass is 467 g/mol. The summed E-state index contributed by atoms with van der Waals surface area (Å²) >= 11 is 0. The Balaban J connectivity index is 1.45. The standard InChI is InChI=1S/C24H29N5O3S/c1-18-23(19(2)29(25-18)21-8-6-5-7-9-21)27-14-16-28(17-15-27)24(30)20-10-12-22(13-11-20)33(31,32)26(3)4/h5-13H,14-17H2,1-4H3. The van der Waals surface area contributed by atoms with Gasteiger partial charge in [0.1, 0.15) is 0 Å². The van der Waals surface area contributed by atoms with Crippen molar-refractivity contribution in [3.05, 3.63) is 71.5 Å². The fourth-order valence-corrected chi connectivity index (χ4v) is 5.11. The summed E-state index contributed by atoms with van der Waals surface area (Å²) in [6.45, 7) is 6.69. The molecular formula is C24H29N5O3S. The third-order valence-corrected chi connectivity index (χ3v) is 7.85. The molecule has 0 unspecified atom stereocenters. The largest absolute Gasteiger partial charge is 0.365 e. The normalized spacial score (nSPS) is 14.7. The van der Waals surface area contributed by atoms with Crippen molar-refractivity contribution in [2.24, 2.45) is 0 Å². The van der Waals surface area contributed by atoms with Crippen LogP contribution in [0, 0.1) is 13.8 Å². The Morgan fingerprint density at radius 3 is 2.09 bits per heavy atom. The molecule has 1 saturated heterocycles. The molecule has 0 spiro atoms. The van der Waals surface area contributed by atoms with Crippen molar-refractivity contribution >= 4 is 21.6 Å². The van der Waals surface area contributed by atoms with Gasteiger partial charge >= 0.3 is 0 Å². The van der Waals surface area contributed by atoms with Gasteiger partial charge in [-0.1, -0.05) is 18.2 Å². The summed E-state index contributed by atoms with van der Waals surface area (Å²) in [5.41, 5.74) is 4.68. The molecule has 1 aliphatic rings. The number of anilines is 1. The molecule has 1 aliphatic heterocycles. The summed E-state index contributed by atoms with van der Waals surface area (Å²) in [7, 11) is -0.541.